The van der Waals surface area contributed by atoms with Gasteiger partial charge in [-0.1, -0.05) is 103 Å². The highest BCUT2D eigenvalue weighted by Gasteiger charge is 2.25. The average Bonchev–Trinajstić information content (AvgIpc) is 3.49. The van der Waals surface area contributed by atoms with Gasteiger partial charge in [-0.05, 0) is 71.4 Å². The highest BCUT2D eigenvalue weighted by Crippen LogP contribution is 2.51. The van der Waals surface area contributed by atoms with Crippen LogP contribution in [0.4, 0.5) is 17.1 Å². The summed E-state index contributed by atoms with van der Waals surface area (Å²) in [4.78, 5) is 10.3. The quantitative estimate of drug-likeness (QED) is 0.198. The molecule has 4 heteroatoms. The number of nitrogens with zero attached hydrogens (tertiary/aromatic N) is 3. The van der Waals surface area contributed by atoms with Gasteiger partial charge >= 0.3 is 0 Å². The Balaban J connectivity index is 1.28. The summed E-state index contributed by atoms with van der Waals surface area (Å²) >= 11 is 1.83. The van der Waals surface area contributed by atoms with Crippen molar-refractivity contribution < 1.29 is 0 Å². The van der Waals surface area contributed by atoms with Gasteiger partial charge < -0.3 is 4.90 Å². The van der Waals surface area contributed by atoms with Gasteiger partial charge in [-0.15, -0.1) is 0 Å². The molecule has 0 saturated carbocycles. The minimum absolute atomic E-state index is 0.934. The van der Waals surface area contributed by atoms with E-state index in [0.29, 0.717) is 0 Å². The van der Waals surface area contributed by atoms with Crippen molar-refractivity contribution in [3.05, 3.63) is 152 Å². The number of para-hydroxylation sites is 3. The smallest absolute Gasteiger partial charge is 0.145 e. The number of hydrogen-bond donors (Lipinski definition) is 0. The number of hydrogen-bond acceptors (Lipinski definition) is 3. The normalized spacial score (nSPS) is 12.5. The van der Waals surface area contributed by atoms with E-state index in [9.17, 15) is 0 Å². The second kappa shape index (κ2) is 9.62. The number of anilines is 3. The van der Waals surface area contributed by atoms with Crippen LogP contribution in [0.25, 0.3) is 49.7 Å². The molecule has 8 aromatic rings. The number of aromatic nitrogens is 2. The molecule has 0 spiro atoms. The van der Waals surface area contributed by atoms with E-state index < -0.39 is 0 Å². The first kappa shape index (κ1) is 24.3. The van der Waals surface area contributed by atoms with Crippen LogP contribution in [-0.2, 0) is 0 Å². The molecule has 0 radical (unpaired) electrons. The average molecular weight is 568 g/mol. The summed E-state index contributed by atoms with van der Waals surface area (Å²) in [5, 5.41) is 4.84. The van der Waals surface area contributed by atoms with Gasteiger partial charge in [0.25, 0.3) is 0 Å². The lowest BCUT2D eigenvalue weighted by molar-refractivity contribution is 1.10. The van der Waals surface area contributed by atoms with Crippen LogP contribution in [0, 0.1) is 0 Å². The minimum Gasteiger partial charge on any atom is -0.308 e. The molecular weight excluding hydrogens is 543 g/mol. The summed E-state index contributed by atoms with van der Waals surface area (Å²) in [5.41, 5.74) is 7.86. The fraction of sp³-hybridized carbons (Fsp3) is 0. The fourth-order valence-corrected chi connectivity index (χ4v) is 7.53. The van der Waals surface area contributed by atoms with Gasteiger partial charge in [0.05, 0.1) is 22.4 Å². The van der Waals surface area contributed by atoms with E-state index in [1.807, 2.05) is 11.8 Å². The predicted octanol–water partition coefficient (Wildman–Crippen LogP) is 10.9. The Morgan fingerprint density at radius 3 is 1.65 bits per heavy atom. The first-order valence-corrected chi connectivity index (χ1v) is 15.3. The Morgan fingerprint density at radius 2 is 0.977 bits per heavy atom. The number of fused-ring (bicyclic) bond motifs is 8. The molecule has 0 unspecified atom stereocenters. The third kappa shape index (κ3) is 3.73. The highest BCUT2D eigenvalue weighted by molar-refractivity contribution is 7.99. The number of benzene rings is 7. The third-order valence-electron chi connectivity index (χ3n) is 8.36. The summed E-state index contributed by atoms with van der Waals surface area (Å²) in [7, 11) is 0. The van der Waals surface area contributed by atoms with Crippen LogP contribution in [0.1, 0.15) is 0 Å². The van der Waals surface area contributed by atoms with E-state index in [0.717, 1.165) is 33.8 Å². The Kier molecular flexibility index (Phi) is 5.43. The zero-order chi connectivity index (χ0) is 28.3. The van der Waals surface area contributed by atoms with E-state index in [1.54, 1.807) is 0 Å². The maximum absolute atomic E-state index is 5.40. The Labute approximate surface area is 253 Å². The largest absolute Gasteiger partial charge is 0.308 e. The topological polar surface area (TPSA) is 21.1 Å². The lowest BCUT2D eigenvalue weighted by atomic mass is 10.00. The number of imidazole rings is 1. The van der Waals surface area contributed by atoms with Crippen molar-refractivity contribution in [2.24, 2.45) is 0 Å². The molecule has 43 heavy (non-hydrogen) atoms. The summed E-state index contributed by atoms with van der Waals surface area (Å²) in [6, 6.07) is 54.1. The van der Waals surface area contributed by atoms with E-state index >= 15 is 0 Å². The van der Waals surface area contributed by atoms with Crippen LogP contribution < -0.4 is 4.90 Å². The van der Waals surface area contributed by atoms with Crippen molar-refractivity contribution in [1.29, 1.82) is 0 Å². The molecule has 3 nitrogen and oxygen atoms in total. The lowest BCUT2D eigenvalue weighted by Crippen LogP contribution is -2.14. The molecule has 7 aromatic carbocycles. The van der Waals surface area contributed by atoms with Gasteiger partial charge in [-0.3, -0.25) is 4.57 Å². The van der Waals surface area contributed by atoms with Crippen molar-refractivity contribution in [1.82, 2.24) is 9.55 Å². The molecule has 1 aliphatic rings. The van der Waals surface area contributed by atoms with Crippen LogP contribution in [0.2, 0.25) is 0 Å². The molecule has 0 aliphatic carbocycles. The summed E-state index contributed by atoms with van der Waals surface area (Å²) < 4.78 is 2.33. The molecule has 202 valence electrons. The van der Waals surface area contributed by atoms with Crippen LogP contribution in [-0.4, -0.2) is 9.55 Å². The maximum atomic E-state index is 5.40. The maximum Gasteiger partial charge on any atom is 0.145 e. The summed E-state index contributed by atoms with van der Waals surface area (Å²) in [6.07, 6.45) is 0. The van der Waals surface area contributed by atoms with Crippen molar-refractivity contribution in [3.63, 3.8) is 0 Å². The molecule has 0 amide bonds. The van der Waals surface area contributed by atoms with Crippen molar-refractivity contribution in [3.8, 4) is 17.1 Å². The Bertz CT molecular complexity index is 2280. The second-order valence-electron chi connectivity index (χ2n) is 10.8. The first-order valence-electron chi connectivity index (χ1n) is 14.5. The van der Waals surface area contributed by atoms with Crippen molar-refractivity contribution in [2.45, 2.75) is 9.79 Å². The van der Waals surface area contributed by atoms with Gasteiger partial charge in [0.2, 0.25) is 0 Å². The standard InChI is InChI=1S/C39H25N3S/c1-2-12-27(13-3-1)42-38-32-17-7-5-15-30(32)29-14-4-6-16-31(29)37(38)40-39(42)26-22-24-28(25-23-26)41-33-18-8-10-20-35(33)43-36-21-11-9-19-34(36)41/h1-25H. The van der Waals surface area contributed by atoms with Gasteiger partial charge in [0, 0.05) is 37.5 Å². The zero-order valence-corrected chi connectivity index (χ0v) is 24.0. The molecule has 0 saturated heterocycles. The van der Waals surface area contributed by atoms with Gasteiger partial charge in [-0.25, -0.2) is 4.98 Å². The Morgan fingerprint density at radius 1 is 0.442 bits per heavy atom. The van der Waals surface area contributed by atoms with Crippen LogP contribution in [0.5, 0.6) is 0 Å². The summed E-state index contributed by atoms with van der Waals surface area (Å²) in [5.74, 6) is 0.934. The van der Waals surface area contributed by atoms with Crippen LogP contribution >= 0.6 is 11.8 Å². The molecular formula is C39H25N3S. The van der Waals surface area contributed by atoms with Crippen molar-refractivity contribution >= 4 is 61.4 Å². The van der Waals surface area contributed by atoms with E-state index in [2.05, 4.69) is 161 Å². The SMILES string of the molecule is c1ccc(-n2c(-c3ccc(N4c5ccccc5Sc5ccccc54)cc3)nc3c4ccccc4c4ccccc4c32)cc1. The van der Waals surface area contributed by atoms with Gasteiger partial charge in [-0.2, -0.15) is 0 Å². The second-order valence-corrected chi connectivity index (χ2v) is 11.9. The molecule has 1 aliphatic heterocycles. The monoisotopic (exact) mass is 567 g/mol. The van der Waals surface area contributed by atoms with E-state index in [1.165, 1.54) is 42.7 Å². The predicted molar refractivity (Wildman–Crippen MR) is 180 cm³/mol. The van der Waals surface area contributed by atoms with Crippen LogP contribution in [0.15, 0.2) is 161 Å². The molecule has 1 aromatic heterocycles. The van der Waals surface area contributed by atoms with E-state index in [-0.39, 0.29) is 0 Å². The number of rotatable bonds is 3. The molecule has 2 heterocycles. The molecule has 9 rings (SSSR count). The third-order valence-corrected chi connectivity index (χ3v) is 9.49. The van der Waals surface area contributed by atoms with Crippen molar-refractivity contribution in [2.75, 3.05) is 4.90 Å². The molecule has 0 N–H and O–H groups in total. The molecule has 0 atom stereocenters. The molecule has 0 fully saturated rings. The summed E-state index contributed by atoms with van der Waals surface area (Å²) in [6.45, 7) is 0. The highest BCUT2D eigenvalue weighted by atomic mass is 32.2. The van der Waals surface area contributed by atoms with E-state index in [4.69, 9.17) is 4.98 Å². The fourth-order valence-electron chi connectivity index (χ4n) is 6.47. The lowest BCUT2D eigenvalue weighted by Gasteiger charge is -2.32. The zero-order valence-electron chi connectivity index (χ0n) is 23.2. The van der Waals surface area contributed by atoms with Crippen LogP contribution in [0.3, 0.4) is 0 Å². The first-order chi connectivity index (χ1) is 21.3. The van der Waals surface area contributed by atoms with Gasteiger partial charge in [0.15, 0.2) is 0 Å². The Hall–Kier alpha value is -5.32. The molecule has 0 bridgehead atoms. The van der Waals surface area contributed by atoms with Gasteiger partial charge in [0.1, 0.15) is 5.82 Å². The minimum atomic E-state index is 0.934.